The number of rotatable bonds is 5. The zero-order chi connectivity index (χ0) is 14.8. The van der Waals surface area contributed by atoms with Gasteiger partial charge in [-0.2, -0.15) is 0 Å². The lowest BCUT2D eigenvalue weighted by Gasteiger charge is -2.25. The van der Waals surface area contributed by atoms with Gasteiger partial charge in [0, 0.05) is 19.1 Å². The van der Waals surface area contributed by atoms with Crippen LogP contribution in [0.4, 0.5) is 4.79 Å². The number of fused-ring (bicyclic) bond motifs is 1. The summed E-state index contributed by atoms with van der Waals surface area (Å²) in [7, 11) is 2.12. The fourth-order valence-electron chi connectivity index (χ4n) is 3.31. The number of aryl methyl sites for hydroxylation is 1. The Labute approximate surface area is 124 Å². The average Bonchev–Trinajstić information content (AvgIpc) is 3.05. The van der Waals surface area contributed by atoms with Crippen LogP contribution in [0.3, 0.4) is 0 Å². The van der Waals surface area contributed by atoms with Gasteiger partial charge in [-0.1, -0.05) is 24.3 Å². The van der Waals surface area contributed by atoms with E-state index in [2.05, 4.69) is 41.5 Å². The smallest absolute Gasteiger partial charge is 0.324 e. The summed E-state index contributed by atoms with van der Waals surface area (Å²) in [6, 6.07) is 8.81. The van der Waals surface area contributed by atoms with E-state index in [0.717, 1.165) is 25.8 Å². The molecule has 0 saturated carbocycles. The zero-order valence-corrected chi connectivity index (χ0v) is 12.3. The van der Waals surface area contributed by atoms with Crippen molar-refractivity contribution in [3.05, 3.63) is 35.4 Å². The lowest BCUT2D eigenvalue weighted by Crippen LogP contribution is -2.34. The summed E-state index contributed by atoms with van der Waals surface area (Å²) in [4.78, 5) is 26.6. The van der Waals surface area contributed by atoms with Gasteiger partial charge in [0.05, 0.1) is 6.54 Å². The standard InChI is InChI=1S/C16H21N3O2/c1-18(9-4-10-19-15(20)11-17-16(19)21)14-8-7-12-5-2-3-6-13(12)14/h2-3,5-6,14H,4,7-11H2,1H3,(H,17,21)/t14-/m0/s1. The Morgan fingerprint density at radius 1 is 1.33 bits per heavy atom. The molecule has 0 spiro atoms. The van der Waals surface area contributed by atoms with Crippen molar-refractivity contribution >= 4 is 11.9 Å². The SMILES string of the molecule is CN(CCCN1C(=O)CNC1=O)[C@H]1CCc2ccccc21. The largest absolute Gasteiger partial charge is 0.329 e. The Kier molecular flexibility index (Phi) is 3.92. The highest BCUT2D eigenvalue weighted by molar-refractivity contribution is 6.01. The van der Waals surface area contributed by atoms with Gasteiger partial charge in [0.25, 0.3) is 0 Å². The first-order valence-corrected chi connectivity index (χ1v) is 7.53. The van der Waals surface area contributed by atoms with Crippen LogP contribution in [-0.2, 0) is 11.2 Å². The fraction of sp³-hybridized carbons (Fsp3) is 0.500. The average molecular weight is 287 g/mol. The monoisotopic (exact) mass is 287 g/mol. The molecule has 3 amide bonds. The van der Waals surface area contributed by atoms with E-state index in [1.165, 1.54) is 16.0 Å². The normalized spacial score (nSPS) is 21.0. The first-order valence-electron chi connectivity index (χ1n) is 7.53. The van der Waals surface area contributed by atoms with E-state index < -0.39 is 0 Å². The van der Waals surface area contributed by atoms with E-state index >= 15 is 0 Å². The number of nitrogens with one attached hydrogen (secondary N) is 1. The molecule has 21 heavy (non-hydrogen) atoms. The van der Waals surface area contributed by atoms with Crippen molar-refractivity contribution in [3.63, 3.8) is 0 Å². The van der Waals surface area contributed by atoms with E-state index in [0.29, 0.717) is 12.6 Å². The number of hydrogen-bond donors (Lipinski definition) is 1. The lowest BCUT2D eigenvalue weighted by molar-refractivity contribution is -0.125. The van der Waals surface area contributed by atoms with Gasteiger partial charge < -0.3 is 5.32 Å². The maximum atomic E-state index is 11.5. The molecule has 1 aromatic carbocycles. The van der Waals surface area contributed by atoms with Crippen LogP contribution in [0.2, 0.25) is 0 Å². The molecule has 1 heterocycles. The van der Waals surface area contributed by atoms with Gasteiger partial charge in [-0.25, -0.2) is 4.79 Å². The number of benzene rings is 1. The van der Waals surface area contributed by atoms with Crippen molar-refractivity contribution in [2.45, 2.75) is 25.3 Å². The van der Waals surface area contributed by atoms with E-state index in [1.54, 1.807) is 0 Å². The Balaban J connectivity index is 1.52. The number of carbonyl (C=O) groups is 2. The molecule has 1 aliphatic carbocycles. The summed E-state index contributed by atoms with van der Waals surface area (Å²) in [6.45, 7) is 1.53. The van der Waals surface area contributed by atoms with E-state index in [-0.39, 0.29) is 18.5 Å². The molecule has 0 bridgehead atoms. The summed E-state index contributed by atoms with van der Waals surface area (Å²) < 4.78 is 0. The molecule has 0 radical (unpaired) electrons. The second-order valence-corrected chi connectivity index (χ2v) is 5.79. The molecular formula is C16H21N3O2. The highest BCUT2D eigenvalue weighted by Gasteiger charge is 2.29. The van der Waals surface area contributed by atoms with Crippen LogP contribution in [0.5, 0.6) is 0 Å². The van der Waals surface area contributed by atoms with Gasteiger partial charge in [-0.05, 0) is 37.4 Å². The molecule has 1 aromatic rings. The molecular weight excluding hydrogens is 266 g/mol. The van der Waals surface area contributed by atoms with Gasteiger partial charge in [-0.3, -0.25) is 14.6 Å². The molecule has 5 heteroatoms. The third-order valence-corrected chi connectivity index (χ3v) is 4.46. The van der Waals surface area contributed by atoms with Crippen molar-refractivity contribution in [1.29, 1.82) is 0 Å². The molecule has 2 aliphatic rings. The van der Waals surface area contributed by atoms with Gasteiger partial charge in [0.2, 0.25) is 5.91 Å². The highest BCUT2D eigenvalue weighted by atomic mass is 16.2. The summed E-state index contributed by atoms with van der Waals surface area (Å²) in [5.41, 5.74) is 2.87. The lowest BCUT2D eigenvalue weighted by atomic mass is 10.1. The first-order chi connectivity index (χ1) is 10.2. The minimum Gasteiger partial charge on any atom is -0.329 e. The maximum Gasteiger partial charge on any atom is 0.324 e. The molecule has 1 N–H and O–H groups in total. The number of hydrogen-bond acceptors (Lipinski definition) is 3. The predicted octanol–water partition coefficient (Wildman–Crippen LogP) is 1.55. The molecule has 1 saturated heterocycles. The van der Waals surface area contributed by atoms with Crippen molar-refractivity contribution in [2.75, 3.05) is 26.7 Å². The summed E-state index contributed by atoms with van der Waals surface area (Å²) in [6.07, 6.45) is 3.10. The molecule has 5 nitrogen and oxygen atoms in total. The van der Waals surface area contributed by atoms with Crippen molar-refractivity contribution in [1.82, 2.24) is 15.1 Å². The summed E-state index contributed by atoms with van der Waals surface area (Å²) >= 11 is 0. The van der Waals surface area contributed by atoms with Gasteiger partial charge in [-0.15, -0.1) is 0 Å². The minimum atomic E-state index is -0.256. The Bertz CT molecular complexity index is 542. The predicted molar refractivity (Wildman–Crippen MR) is 79.9 cm³/mol. The van der Waals surface area contributed by atoms with Crippen LogP contribution < -0.4 is 5.32 Å². The number of amides is 3. The zero-order valence-electron chi connectivity index (χ0n) is 12.3. The molecule has 3 rings (SSSR count). The Morgan fingerprint density at radius 2 is 2.14 bits per heavy atom. The van der Waals surface area contributed by atoms with Crippen LogP contribution in [-0.4, -0.2) is 48.4 Å². The molecule has 0 unspecified atom stereocenters. The summed E-state index contributed by atoms with van der Waals surface area (Å²) in [5, 5.41) is 2.55. The van der Waals surface area contributed by atoms with E-state index in [4.69, 9.17) is 0 Å². The second-order valence-electron chi connectivity index (χ2n) is 5.79. The molecule has 1 aliphatic heterocycles. The van der Waals surface area contributed by atoms with Gasteiger partial charge in [0.15, 0.2) is 0 Å². The molecule has 1 fully saturated rings. The Hall–Kier alpha value is -1.88. The third kappa shape index (κ3) is 2.78. The van der Waals surface area contributed by atoms with E-state index in [9.17, 15) is 9.59 Å². The van der Waals surface area contributed by atoms with Crippen molar-refractivity contribution in [2.24, 2.45) is 0 Å². The van der Waals surface area contributed by atoms with E-state index in [1.807, 2.05) is 0 Å². The highest BCUT2D eigenvalue weighted by Crippen LogP contribution is 2.34. The van der Waals surface area contributed by atoms with Crippen LogP contribution in [0.1, 0.15) is 30.0 Å². The molecule has 112 valence electrons. The maximum absolute atomic E-state index is 11.5. The Morgan fingerprint density at radius 3 is 2.90 bits per heavy atom. The third-order valence-electron chi connectivity index (χ3n) is 4.46. The number of carbonyl (C=O) groups excluding carboxylic acids is 2. The minimum absolute atomic E-state index is 0.117. The van der Waals surface area contributed by atoms with Crippen molar-refractivity contribution < 1.29 is 9.59 Å². The first kappa shape index (κ1) is 14.1. The van der Waals surface area contributed by atoms with Gasteiger partial charge in [0.1, 0.15) is 0 Å². The molecule has 0 aromatic heterocycles. The molecule has 1 atom stereocenters. The topological polar surface area (TPSA) is 52.6 Å². The van der Waals surface area contributed by atoms with Crippen LogP contribution in [0, 0.1) is 0 Å². The van der Waals surface area contributed by atoms with Crippen LogP contribution in [0.25, 0.3) is 0 Å². The number of imide groups is 1. The fourth-order valence-corrected chi connectivity index (χ4v) is 3.31. The number of urea groups is 1. The quantitative estimate of drug-likeness (QED) is 0.836. The van der Waals surface area contributed by atoms with Gasteiger partial charge >= 0.3 is 6.03 Å². The van der Waals surface area contributed by atoms with Crippen molar-refractivity contribution in [3.8, 4) is 0 Å². The van der Waals surface area contributed by atoms with Crippen LogP contribution >= 0.6 is 0 Å². The summed E-state index contributed by atoms with van der Waals surface area (Å²) in [5.74, 6) is -0.117. The second kappa shape index (κ2) is 5.85. The number of nitrogens with zero attached hydrogens (tertiary/aromatic N) is 2. The van der Waals surface area contributed by atoms with Crippen LogP contribution in [0.15, 0.2) is 24.3 Å².